The predicted octanol–water partition coefficient (Wildman–Crippen LogP) is 1.38. The van der Waals surface area contributed by atoms with E-state index < -0.39 is 0 Å². The van der Waals surface area contributed by atoms with Gasteiger partial charge in [-0.15, -0.1) is 0 Å². The van der Waals surface area contributed by atoms with E-state index in [2.05, 4.69) is 25.7 Å². The Labute approximate surface area is 111 Å². The van der Waals surface area contributed by atoms with Crippen LogP contribution in [0.3, 0.4) is 0 Å². The first-order valence-electron chi connectivity index (χ1n) is 7.31. The molecule has 4 unspecified atom stereocenters. The summed E-state index contributed by atoms with van der Waals surface area (Å²) in [4.78, 5) is 2.59. The van der Waals surface area contributed by atoms with Crippen LogP contribution in [0.4, 0.5) is 0 Å². The van der Waals surface area contributed by atoms with E-state index in [0.717, 1.165) is 45.6 Å². The molecule has 2 aliphatic heterocycles. The summed E-state index contributed by atoms with van der Waals surface area (Å²) in [6.45, 7) is 9.98. The molecule has 0 aliphatic carbocycles. The quantitative estimate of drug-likeness (QED) is 0.829. The number of nitrogens with zero attached hydrogens (tertiary/aromatic N) is 1. The molecule has 0 amide bonds. The van der Waals surface area contributed by atoms with E-state index in [1.54, 1.807) is 0 Å². The van der Waals surface area contributed by atoms with Crippen molar-refractivity contribution in [2.75, 3.05) is 26.3 Å². The highest BCUT2D eigenvalue weighted by Gasteiger charge is 2.44. The maximum atomic E-state index is 6.16. The van der Waals surface area contributed by atoms with Gasteiger partial charge in [0.25, 0.3) is 0 Å². The monoisotopic (exact) mass is 256 g/mol. The van der Waals surface area contributed by atoms with Crippen molar-refractivity contribution in [2.45, 2.75) is 63.8 Å². The summed E-state index contributed by atoms with van der Waals surface area (Å²) in [5.41, 5.74) is 6.28. The molecular weight excluding hydrogens is 228 g/mol. The van der Waals surface area contributed by atoms with E-state index in [0.29, 0.717) is 18.2 Å². The van der Waals surface area contributed by atoms with E-state index in [9.17, 15) is 0 Å². The largest absolute Gasteiger partial charge is 0.378 e. The lowest BCUT2D eigenvalue weighted by molar-refractivity contribution is -0.134. The minimum Gasteiger partial charge on any atom is -0.378 e. The first kappa shape index (κ1) is 14.3. The van der Waals surface area contributed by atoms with Gasteiger partial charge in [0.2, 0.25) is 0 Å². The molecule has 2 fully saturated rings. The van der Waals surface area contributed by atoms with Gasteiger partial charge in [0.1, 0.15) is 0 Å². The van der Waals surface area contributed by atoms with Crippen molar-refractivity contribution in [3.63, 3.8) is 0 Å². The topological polar surface area (TPSA) is 47.7 Å². The Morgan fingerprint density at radius 3 is 2.78 bits per heavy atom. The molecule has 0 radical (unpaired) electrons. The summed E-state index contributed by atoms with van der Waals surface area (Å²) in [6.07, 6.45) is 3.88. The number of nitrogens with two attached hydrogens (primary N) is 1. The van der Waals surface area contributed by atoms with Crippen LogP contribution in [0.25, 0.3) is 0 Å². The van der Waals surface area contributed by atoms with Crippen molar-refractivity contribution in [1.82, 2.24) is 4.90 Å². The maximum Gasteiger partial charge on any atom is 0.0675 e. The van der Waals surface area contributed by atoms with Gasteiger partial charge in [-0.3, -0.25) is 4.90 Å². The van der Waals surface area contributed by atoms with Gasteiger partial charge in [-0.2, -0.15) is 0 Å². The van der Waals surface area contributed by atoms with E-state index in [-0.39, 0.29) is 5.54 Å². The molecule has 2 rings (SSSR count). The second-order valence-electron chi connectivity index (χ2n) is 5.93. The molecule has 0 saturated carbocycles. The Balaban J connectivity index is 2.14. The molecule has 2 aliphatic rings. The van der Waals surface area contributed by atoms with Gasteiger partial charge in [0, 0.05) is 31.3 Å². The molecule has 0 aromatic heterocycles. The molecule has 0 aromatic carbocycles. The van der Waals surface area contributed by atoms with E-state index in [1.807, 2.05) is 0 Å². The highest BCUT2D eigenvalue weighted by molar-refractivity contribution is 4.99. The maximum absolute atomic E-state index is 6.16. The second kappa shape index (κ2) is 5.87. The molecule has 4 atom stereocenters. The summed E-state index contributed by atoms with van der Waals surface area (Å²) < 4.78 is 11.6. The predicted molar refractivity (Wildman–Crippen MR) is 72.6 cm³/mol. The zero-order valence-corrected chi connectivity index (χ0v) is 12.0. The summed E-state index contributed by atoms with van der Waals surface area (Å²) in [5, 5.41) is 0. The SMILES string of the molecule is CCC1CC(CN)(N2CC(C)OCC2C)CCO1. The van der Waals surface area contributed by atoms with Crippen molar-refractivity contribution < 1.29 is 9.47 Å². The molecule has 4 heteroatoms. The Morgan fingerprint density at radius 1 is 1.33 bits per heavy atom. The average molecular weight is 256 g/mol. The van der Waals surface area contributed by atoms with Gasteiger partial charge in [0.15, 0.2) is 0 Å². The highest BCUT2D eigenvalue weighted by atomic mass is 16.5. The number of rotatable bonds is 3. The number of hydrogen-bond donors (Lipinski definition) is 1. The van der Waals surface area contributed by atoms with Gasteiger partial charge in [-0.1, -0.05) is 6.92 Å². The van der Waals surface area contributed by atoms with Crippen molar-refractivity contribution in [3.05, 3.63) is 0 Å². The molecule has 0 spiro atoms. The summed E-state index contributed by atoms with van der Waals surface area (Å²) >= 11 is 0. The molecule has 2 N–H and O–H groups in total. The van der Waals surface area contributed by atoms with Crippen LogP contribution in [-0.4, -0.2) is 55.0 Å². The Bertz CT molecular complexity index is 275. The van der Waals surface area contributed by atoms with Crippen LogP contribution >= 0.6 is 0 Å². The second-order valence-corrected chi connectivity index (χ2v) is 5.93. The molecule has 18 heavy (non-hydrogen) atoms. The van der Waals surface area contributed by atoms with Crippen LogP contribution in [0.5, 0.6) is 0 Å². The van der Waals surface area contributed by atoms with Crippen LogP contribution in [0, 0.1) is 0 Å². The van der Waals surface area contributed by atoms with Gasteiger partial charge < -0.3 is 15.2 Å². The first-order chi connectivity index (χ1) is 8.61. The number of ether oxygens (including phenoxy) is 2. The molecular formula is C14H28N2O2. The number of morpholine rings is 1. The van der Waals surface area contributed by atoms with Gasteiger partial charge in [-0.25, -0.2) is 0 Å². The Kier molecular flexibility index (Phi) is 4.64. The minimum absolute atomic E-state index is 0.121. The Morgan fingerprint density at radius 2 is 2.11 bits per heavy atom. The van der Waals surface area contributed by atoms with E-state index in [1.165, 1.54) is 0 Å². The first-order valence-corrected chi connectivity index (χ1v) is 7.31. The number of hydrogen-bond acceptors (Lipinski definition) is 4. The van der Waals surface area contributed by atoms with Crippen LogP contribution in [-0.2, 0) is 9.47 Å². The van der Waals surface area contributed by atoms with Crippen molar-refractivity contribution in [2.24, 2.45) is 5.73 Å². The fourth-order valence-corrected chi connectivity index (χ4v) is 3.39. The fraction of sp³-hybridized carbons (Fsp3) is 1.00. The standard InChI is InChI=1S/C14H28N2O2/c1-4-13-7-14(10-15,5-6-17-13)16-8-12(3)18-9-11(16)2/h11-13H,4-10,15H2,1-3H3. The van der Waals surface area contributed by atoms with Crippen molar-refractivity contribution in [1.29, 1.82) is 0 Å². The Hall–Kier alpha value is -0.160. The van der Waals surface area contributed by atoms with Crippen LogP contribution in [0.2, 0.25) is 0 Å². The lowest BCUT2D eigenvalue weighted by Crippen LogP contribution is -2.65. The van der Waals surface area contributed by atoms with Crippen molar-refractivity contribution in [3.8, 4) is 0 Å². The summed E-state index contributed by atoms with van der Waals surface area (Å²) in [7, 11) is 0. The normalized spacial score (nSPS) is 43.0. The van der Waals surface area contributed by atoms with Crippen LogP contribution in [0.1, 0.15) is 40.0 Å². The lowest BCUT2D eigenvalue weighted by atomic mass is 9.82. The molecule has 0 aromatic rings. The fourth-order valence-electron chi connectivity index (χ4n) is 3.39. The van der Waals surface area contributed by atoms with Crippen LogP contribution in [0.15, 0.2) is 0 Å². The highest BCUT2D eigenvalue weighted by Crippen LogP contribution is 2.34. The molecule has 2 heterocycles. The minimum atomic E-state index is 0.121. The third kappa shape index (κ3) is 2.72. The van der Waals surface area contributed by atoms with E-state index in [4.69, 9.17) is 15.2 Å². The zero-order valence-electron chi connectivity index (χ0n) is 12.0. The molecule has 2 saturated heterocycles. The van der Waals surface area contributed by atoms with Crippen LogP contribution < -0.4 is 5.73 Å². The lowest BCUT2D eigenvalue weighted by Gasteiger charge is -2.53. The summed E-state index contributed by atoms with van der Waals surface area (Å²) in [6, 6.07) is 0.459. The zero-order chi connectivity index (χ0) is 13.2. The van der Waals surface area contributed by atoms with Gasteiger partial charge in [0.05, 0.1) is 18.8 Å². The van der Waals surface area contributed by atoms with Gasteiger partial charge in [-0.05, 0) is 33.1 Å². The molecule has 0 bridgehead atoms. The van der Waals surface area contributed by atoms with E-state index >= 15 is 0 Å². The third-order valence-electron chi connectivity index (χ3n) is 4.58. The smallest absolute Gasteiger partial charge is 0.0675 e. The average Bonchev–Trinajstić information content (AvgIpc) is 2.41. The van der Waals surface area contributed by atoms with Gasteiger partial charge >= 0.3 is 0 Å². The van der Waals surface area contributed by atoms with Crippen molar-refractivity contribution >= 4 is 0 Å². The third-order valence-corrected chi connectivity index (χ3v) is 4.58. The molecule has 4 nitrogen and oxygen atoms in total. The summed E-state index contributed by atoms with van der Waals surface area (Å²) in [5.74, 6) is 0. The molecule has 106 valence electrons.